The molecule has 2 N–H and O–H groups in total. The first-order valence-corrected chi connectivity index (χ1v) is 10.5. The van der Waals surface area contributed by atoms with Gasteiger partial charge in [0.15, 0.2) is 0 Å². The van der Waals surface area contributed by atoms with Gasteiger partial charge in [0.1, 0.15) is 5.76 Å². The molecule has 2 heterocycles. The van der Waals surface area contributed by atoms with Gasteiger partial charge in [-0.3, -0.25) is 9.59 Å². The van der Waals surface area contributed by atoms with E-state index in [1.807, 2.05) is 24.3 Å². The van der Waals surface area contributed by atoms with Gasteiger partial charge in [0, 0.05) is 34.2 Å². The maximum absolute atomic E-state index is 13.0. The van der Waals surface area contributed by atoms with Crippen LogP contribution in [0.1, 0.15) is 43.4 Å². The molecule has 1 aliphatic rings. The molecule has 0 spiro atoms. The highest BCUT2D eigenvalue weighted by atomic mass is 35.5. The Morgan fingerprint density at radius 2 is 1.83 bits per heavy atom. The molecule has 3 aromatic rings. The molecule has 5 nitrogen and oxygen atoms in total. The molecule has 6 heteroatoms. The van der Waals surface area contributed by atoms with Gasteiger partial charge in [0.05, 0.1) is 11.6 Å². The van der Waals surface area contributed by atoms with Crippen LogP contribution in [-0.4, -0.2) is 33.2 Å². The Balaban J connectivity index is 1.86. The monoisotopic (exact) mass is 422 g/mol. The van der Waals surface area contributed by atoms with Gasteiger partial charge < -0.3 is 15.0 Å². The number of likely N-dealkylation sites (tertiary alicyclic amines) is 1. The van der Waals surface area contributed by atoms with E-state index in [-0.39, 0.29) is 11.3 Å². The first kappa shape index (κ1) is 20.2. The van der Waals surface area contributed by atoms with Crippen LogP contribution >= 0.6 is 11.6 Å². The number of fused-ring (bicyclic) bond motifs is 1. The summed E-state index contributed by atoms with van der Waals surface area (Å²) in [4.78, 5) is 30.6. The zero-order valence-corrected chi connectivity index (χ0v) is 17.4. The van der Waals surface area contributed by atoms with Gasteiger partial charge in [0.2, 0.25) is 0 Å². The highest BCUT2D eigenvalue weighted by molar-refractivity contribution is 6.46. The van der Waals surface area contributed by atoms with Gasteiger partial charge in [-0.1, -0.05) is 61.7 Å². The van der Waals surface area contributed by atoms with Crippen molar-refractivity contribution in [2.45, 2.75) is 32.2 Å². The standard InChI is InChI=1S/C24H23ClN2O3/c1-2-3-6-13-27-21(15-9-11-16(25)12-10-15)20(23(29)24(27)30)22(28)18-14-26-19-8-5-4-7-17(18)19/h4-5,7-12,14,21,26,28H,2-3,6,13H2,1H3/b22-20-. The highest BCUT2D eigenvalue weighted by Gasteiger charge is 2.45. The third-order valence-corrected chi connectivity index (χ3v) is 5.82. The zero-order valence-electron chi connectivity index (χ0n) is 16.7. The predicted molar refractivity (Wildman–Crippen MR) is 118 cm³/mol. The Labute approximate surface area is 180 Å². The first-order valence-electron chi connectivity index (χ1n) is 10.1. The van der Waals surface area contributed by atoms with Crippen molar-refractivity contribution in [2.75, 3.05) is 6.54 Å². The summed E-state index contributed by atoms with van der Waals surface area (Å²) in [6.45, 7) is 2.54. The van der Waals surface area contributed by atoms with Crippen LogP contribution in [0.15, 0.2) is 60.3 Å². The molecule has 0 aliphatic carbocycles. The second-order valence-electron chi connectivity index (χ2n) is 7.50. The molecule has 1 saturated heterocycles. The van der Waals surface area contributed by atoms with Crippen molar-refractivity contribution in [3.05, 3.63) is 76.5 Å². The number of unbranched alkanes of at least 4 members (excludes halogenated alkanes) is 2. The van der Waals surface area contributed by atoms with E-state index in [0.29, 0.717) is 17.1 Å². The van der Waals surface area contributed by atoms with Gasteiger partial charge in [-0.05, 0) is 30.2 Å². The number of aliphatic hydroxyl groups excluding tert-OH is 1. The van der Waals surface area contributed by atoms with Crippen molar-refractivity contribution in [2.24, 2.45) is 0 Å². The number of nitrogens with zero attached hydrogens (tertiary/aromatic N) is 1. The molecule has 154 valence electrons. The third kappa shape index (κ3) is 3.50. The van der Waals surface area contributed by atoms with E-state index in [1.54, 1.807) is 35.4 Å². The number of carbonyl (C=O) groups excluding carboxylic acids is 2. The van der Waals surface area contributed by atoms with E-state index < -0.39 is 17.7 Å². The third-order valence-electron chi connectivity index (χ3n) is 5.57. The molecule has 1 amide bonds. The summed E-state index contributed by atoms with van der Waals surface area (Å²) in [5, 5.41) is 12.6. The highest BCUT2D eigenvalue weighted by Crippen LogP contribution is 2.40. The second-order valence-corrected chi connectivity index (χ2v) is 7.94. The lowest BCUT2D eigenvalue weighted by atomic mass is 9.95. The van der Waals surface area contributed by atoms with Crippen molar-refractivity contribution >= 4 is 40.0 Å². The van der Waals surface area contributed by atoms with Crippen LogP contribution in [0.3, 0.4) is 0 Å². The van der Waals surface area contributed by atoms with E-state index in [9.17, 15) is 14.7 Å². The van der Waals surface area contributed by atoms with Crippen molar-refractivity contribution < 1.29 is 14.7 Å². The maximum atomic E-state index is 13.0. The van der Waals surface area contributed by atoms with E-state index in [4.69, 9.17) is 11.6 Å². The van der Waals surface area contributed by atoms with Gasteiger partial charge in [0.25, 0.3) is 11.7 Å². The predicted octanol–water partition coefficient (Wildman–Crippen LogP) is 5.43. The summed E-state index contributed by atoms with van der Waals surface area (Å²) < 4.78 is 0. The van der Waals surface area contributed by atoms with Crippen molar-refractivity contribution in [1.29, 1.82) is 0 Å². The van der Waals surface area contributed by atoms with E-state index in [0.717, 1.165) is 35.7 Å². The van der Waals surface area contributed by atoms with Gasteiger partial charge in [-0.15, -0.1) is 0 Å². The summed E-state index contributed by atoms with van der Waals surface area (Å²) in [7, 11) is 0. The molecule has 0 saturated carbocycles. The lowest BCUT2D eigenvalue weighted by Crippen LogP contribution is -2.30. The Morgan fingerprint density at radius 1 is 1.10 bits per heavy atom. The number of Topliss-reactive ketones (excluding diaryl/α,β-unsaturated/α-hetero) is 1. The fraction of sp³-hybridized carbons (Fsp3) is 0.250. The Bertz CT molecular complexity index is 1130. The van der Waals surface area contributed by atoms with Crippen LogP contribution < -0.4 is 0 Å². The number of amides is 1. The van der Waals surface area contributed by atoms with Crippen molar-refractivity contribution in [3.63, 3.8) is 0 Å². The number of nitrogens with one attached hydrogen (secondary N) is 1. The molecule has 1 unspecified atom stereocenters. The molecule has 1 aromatic heterocycles. The molecule has 4 rings (SSSR count). The number of halogens is 1. The number of aromatic amines is 1. The Hall–Kier alpha value is -3.05. The smallest absolute Gasteiger partial charge is 0.295 e. The fourth-order valence-electron chi connectivity index (χ4n) is 4.05. The topological polar surface area (TPSA) is 73.4 Å². The first-order chi connectivity index (χ1) is 14.5. The molecule has 1 aliphatic heterocycles. The number of carbonyl (C=O) groups is 2. The van der Waals surface area contributed by atoms with Crippen molar-refractivity contribution in [1.82, 2.24) is 9.88 Å². The van der Waals surface area contributed by atoms with Gasteiger partial charge >= 0.3 is 0 Å². The molecule has 1 fully saturated rings. The number of hydrogen-bond donors (Lipinski definition) is 2. The quantitative estimate of drug-likeness (QED) is 0.240. The van der Waals surface area contributed by atoms with Crippen LogP contribution in [0.2, 0.25) is 5.02 Å². The number of H-pyrrole nitrogens is 1. The SMILES string of the molecule is CCCCCN1C(=O)C(=O)/C(=C(\O)c2c[nH]c3ccccc23)C1c1ccc(Cl)cc1. The molecule has 0 radical (unpaired) electrons. The van der Waals surface area contributed by atoms with Crippen LogP contribution in [-0.2, 0) is 9.59 Å². The largest absolute Gasteiger partial charge is 0.507 e. The summed E-state index contributed by atoms with van der Waals surface area (Å²) in [6.07, 6.45) is 4.42. The van der Waals surface area contributed by atoms with E-state index in [1.165, 1.54) is 0 Å². The Morgan fingerprint density at radius 3 is 2.57 bits per heavy atom. The van der Waals surface area contributed by atoms with Crippen molar-refractivity contribution in [3.8, 4) is 0 Å². The average Bonchev–Trinajstić information content (AvgIpc) is 3.29. The molecule has 30 heavy (non-hydrogen) atoms. The fourth-order valence-corrected chi connectivity index (χ4v) is 4.17. The molecule has 1 atom stereocenters. The van der Waals surface area contributed by atoms with Gasteiger partial charge in [-0.2, -0.15) is 0 Å². The van der Waals surface area contributed by atoms with Crippen LogP contribution in [0.5, 0.6) is 0 Å². The molecule has 2 aromatic carbocycles. The normalized spacial score (nSPS) is 18.5. The summed E-state index contributed by atoms with van der Waals surface area (Å²) in [5.41, 5.74) is 2.22. The summed E-state index contributed by atoms with van der Waals surface area (Å²) in [6, 6.07) is 13.9. The minimum atomic E-state index is -0.658. The van der Waals surface area contributed by atoms with E-state index in [2.05, 4.69) is 11.9 Å². The number of aliphatic hydroxyl groups is 1. The lowest BCUT2D eigenvalue weighted by molar-refractivity contribution is -0.139. The lowest BCUT2D eigenvalue weighted by Gasteiger charge is -2.25. The average molecular weight is 423 g/mol. The number of rotatable bonds is 6. The van der Waals surface area contributed by atoms with Gasteiger partial charge in [-0.25, -0.2) is 0 Å². The molecular weight excluding hydrogens is 400 g/mol. The maximum Gasteiger partial charge on any atom is 0.295 e. The van der Waals surface area contributed by atoms with E-state index >= 15 is 0 Å². The van der Waals surface area contributed by atoms with Crippen LogP contribution in [0.4, 0.5) is 0 Å². The molecule has 0 bridgehead atoms. The number of aromatic nitrogens is 1. The van der Waals surface area contributed by atoms with Crippen LogP contribution in [0.25, 0.3) is 16.7 Å². The van der Waals surface area contributed by atoms with Crippen LogP contribution in [0, 0.1) is 0 Å². The summed E-state index contributed by atoms with van der Waals surface area (Å²) in [5.74, 6) is -1.40. The minimum Gasteiger partial charge on any atom is -0.507 e. The number of para-hydroxylation sites is 1. The number of benzene rings is 2. The Kier molecular flexibility index (Phi) is 5.64. The number of hydrogen-bond acceptors (Lipinski definition) is 3. The zero-order chi connectivity index (χ0) is 21.3. The second kappa shape index (κ2) is 8.36. The number of ketones is 1. The summed E-state index contributed by atoms with van der Waals surface area (Å²) >= 11 is 6.05. The minimum absolute atomic E-state index is 0.114. The molecular formula is C24H23ClN2O3.